The average molecular weight is 361 g/mol. The Hall–Kier alpha value is -2.18. The Morgan fingerprint density at radius 3 is 2.72 bits per heavy atom. The predicted octanol–water partition coefficient (Wildman–Crippen LogP) is 3.30. The van der Waals surface area contributed by atoms with Crippen molar-refractivity contribution >= 4 is 29.0 Å². The van der Waals surface area contributed by atoms with E-state index in [1.807, 2.05) is 26.8 Å². The number of nitrogens with zero attached hydrogens (tertiary/aromatic N) is 3. The zero-order valence-corrected chi connectivity index (χ0v) is 15.2. The van der Waals surface area contributed by atoms with Gasteiger partial charge in [-0.3, -0.25) is 4.79 Å². The second kappa shape index (κ2) is 7.37. The summed E-state index contributed by atoms with van der Waals surface area (Å²) in [4.78, 5) is 23.1. The van der Waals surface area contributed by atoms with Gasteiger partial charge in [0.1, 0.15) is 16.7 Å². The van der Waals surface area contributed by atoms with Crippen LogP contribution in [0.4, 0.5) is 11.5 Å². The van der Waals surface area contributed by atoms with E-state index in [0.717, 1.165) is 24.5 Å². The number of aryl methyl sites for hydroxylation is 1. The van der Waals surface area contributed by atoms with Gasteiger partial charge in [0.2, 0.25) is 0 Å². The molecular formula is C18H21ClN4O2. The van der Waals surface area contributed by atoms with Crippen molar-refractivity contribution in [3.8, 4) is 0 Å². The number of aromatic nitrogens is 2. The molecule has 6 nitrogen and oxygen atoms in total. The minimum Gasteiger partial charge on any atom is -0.372 e. The van der Waals surface area contributed by atoms with E-state index in [0.29, 0.717) is 5.69 Å². The number of hydrogen-bond donors (Lipinski definition) is 1. The Bertz CT molecular complexity index is 773. The smallest absolute Gasteiger partial charge is 0.274 e. The van der Waals surface area contributed by atoms with Crippen LogP contribution in [0, 0.1) is 6.92 Å². The van der Waals surface area contributed by atoms with E-state index in [9.17, 15) is 4.79 Å². The molecule has 0 aromatic carbocycles. The molecule has 0 radical (unpaired) electrons. The standard InChI is InChI=1S/C18H21ClN4O2/c1-11-8-20-17(23-9-12(2)25-13(3)10-23)7-15(11)22-18(24)14-5-4-6-16(19)21-14/h4-8,12-13H,9-10H2,1-3H3,(H,20,22,24)/t12-,13+. The van der Waals surface area contributed by atoms with Gasteiger partial charge in [-0.15, -0.1) is 0 Å². The molecule has 1 aliphatic heterocycles. The van der Waals surface area contributed by atoms with E-state index in [1.54, 1.807) is 24.4 Å². The number of nitrogens with one attached hydrogen (secondary N) is 1. The number of pyridine rings is 2. The van der Waals surface area contributed by atoms with E-state index >= 15 is 0 Å². The van der Waals surface area contributed by atoms with Crippen molar-refractivity contribution in [2.75, 3.05) is 23.3 Å². The lowest BCUT2D eigenvalue weighted by atomic mass is 10.2. The molecule has 3 heterocycles. The van der Waals surface area contributed by atoms with Crippen molar-refractivity contribution < 1.29 is 9.53 Å². The predicted molar refractivity (Wildman–Crippen MR) is 98.4 cm³/mol. The van der Waals surface area contributed by atoms with Gasteiger partial charge in [0.25, 0.3) is 5.91 Å². The molecule has 3 rings (SSSR count). The first-order chi connectivity index (χ1) is 11.9. The van der Waals surface area contributed by atoms with Crippen LogP contribution in [0.5, 0.6) is 0 Å². The highest BCUT2D eigenvalue weighted by Crippen LogP contribution is 2.24. The Balaban J connectivity index is 1.81. The van der Waals surface area contributed by atoms with Gasteiger partial charge in [-0.05, 0) is 38.5 Å². The molecule has 132 valence electrons. The van der Waals surface area contributed by atoms with Gasteiger partial charge in [-0.1, -0.05) is 17.7 Å². The topological polar surface area (TPSA) is 67.3 Å². The zero-order valence-electron chi connectivity index (χ0n) is 14.5. The summed E-state index contributed by atoms with van der Waals surface area (Å²) in [5.74, 6) is 0.522. The fraction of sp³-hybridized carbons (Fsp3) is 0.389. The van der Waals surface area contributed by atoms with Gasteiger partial charge in [0.05, 0.1) is 12.2 Å². The highest BCUT2D eigenvalue weighted by atomic mass is 35.5. The van der Waals surface area contributed by atoms with Crippen LogP contribution in [-0.2, 0) is 4.74 Å². The zero-order chi connectivity index (χ0) is 18.0. The second-order valence-electron chi connectivity index (χ2n) is 6.32. The van der Waals surface area contributed by atoms with E-state index in [-0.39, 0.29) is 29.0 Å². The summed E-state index contributed by atoms with van der Waals surface area (Å²) in [6.07, 6.45) is 2.04. The van der Waals surface area contributed by atoms with E-state index < -0.39 is 0 Å². The average Bonchev–Trinajstić information content (AvgIpc) is 2.56. The van der Waals surface area contributed by atoms with E-state index in [2.05, 4.69) is 20.2 Å². The fourth-order valence-electron chi connectivity index (χ4n) is 2.91. The highest BCUT2D eigenvalue weighted by Gasteiger charge is 2.23. The molecule has 0 saturated carbocycles. The summed E-state index contributed by atoms with van der Waals surface area (Å²) in [5, 5.41) is 3.19. The molecule has 1 aliphatic rings. The van der Waals surface area contributed by atoms with Crippen LogP contribution < -0.4 is 10.2 Å². The first kappa shape index (κ1) is 17.6. The van der Waals surface area contributed by atoms with Crippen molar-refractivity contribution in [2.45, 2.75) is 33.0 Å². The first-order valence-corrected chi connectivity index (χ1v) is 8.61. The van der Waals surface area contributed by atoms with Crippen LogP contribution >= 0.6 is 11.6 Å². The van der Waals surface area contributed by atoms with E-state index in [1.165, 1.54) is 0 Å². The number of carbonyl (C=O) groups excluding carboxylic acids is 1. The molecule has 25 heavy (non-hydrogen) atoms. The molecule has 2 aromatic rings. The van der Waals surface area contributed by atoms with E-state index in [4.69, 9.17) is 16.3 Å². The third-order valence-electron chi connectivity index (χ3n) is 4.03. The summed E-state index contributed by atoms with van der Waals surface area (Å²) >= 11 is 5.86. The Labute approximate surface area is 152 Å². The van der Waals surface area contributed by atoms with Crippen LogP contribution in [-0.4, -0.2) is 41.2 Å². The Morgan fingerprint density at radius 2 is 2.04 bits per heavy atom. The van der Waals surface area contributed by atoms with Crippen molar-refractivity contribution in [3.63, 3.8) is 0 Å². The fourth-order valence-corrected chi connectivity index (χ4v) is 3.07. The highest BCUT2D eigenvalue weighted by molar-refractivity contribution is 6.29. The molecule has 1 saturated heterocycles. The van der Waals surface area contributed by atoms with Crippen LogP contribution in [0.1, 0.15) is 29.9 Å². The van der Waals surface area contributed by atoms with Crippen LogP contribution in [0.3, 0.4) is 0 Å². The van der Waals surface area contributed by atoms with Crippen LogP contribution in [0.2, 0.25) is 5.15 Å². The number of anilines is 2. The van der Waals surface area contributed by atoms with Gasteiger partial charge < -0.3 is 15.0 Å². The first-order valence-electron chi connectivity index (χ1n) is 8.23. The van der Waals surface area contributed by atoms with Gasteiger partial charge >= 0.3 is 0 Å². The molecule has 0 spiro atoms. The Kier molecular flexibility index (Phi) is 5.20. The van der Waals surface area contributed by atoms with Crippen molar-refractivity contribution in [2.24, 2.45) is 0 Å². The minimum atomic E-state index is -0.300. The van der Waals surface area contributed by atoms with Crippen molar-refractivity contribution in [1.82, 2.24) is 9.97 Å². The molecule has 2 aromatic heterocycles. The monoisotopic (exact) mass is 360 g/mol. The molecule has 2 atom stereocenters. The molecule has 1 N–H and O–H groups in total. The number of hydrogen-bond acceptors (Lipinski definition) is 5. The minimum absolute atomic E-state index is 0.139. The lowest BCUT2D eigenvalue weighted by Gasteiger charge is -2.36. The van der Waals surface area contributed by atoms with Crippen LogP contribution in [0.25, 0.3) is 0 Å². The maximum atomic E-state index is 12.4. The third kappa shape index (κ3) is 4.27. The number of rotatable bonds is 3. The molecular weight excluding hydrogens is 340 g/mol. The number of morpholine rings is 1. The Morgan fingerprint density at radius 1 is 1.32 bits per heavy atom. The van der Waals surface area contributed by atoms with Gasteiger partial charge in [-0.25, -0.2) is 9.97 Å². The molecule has 1 amide bonds. The summed E-state index contributed by atoms with van der Waals surface area (Å²) in [5.41, 5.74) is 1.87. The number of halogens is 1. The molecule has 0 unspecified atom stereocenters. The van der Waals surface area contributed by atoms with Crippen LogP contribution in [0.15, 0.2) is 30.5 Å². The van der Waals surface area contributed by atoms with Crippen molar-refractivity contribution in [3.05, 3.63) is 46.9 Å². The summed E-state index contributed by atoms with van der Waals surface area (Å²) in [6.45, 7) is 7.53. The molecule has 7 heteroatoms. The normalized spacial score (nSPS) is 20.4. The lowest BCUT2D eigenvalue weighted by molar-refractivity contribution is -0.00545. The largest absolute Gasteiger partial charge is 0.372 e. The van der Waals surface area contributed by atoms with Crippen molar-refractivity contribution in [1.29, 1.82) is 0 Å². The molecule has 0 bridgehead atoms. The summed E-state index contributed by atoms with van der Waals surface area (Å²) in [7, 11) is 0. The SMILES string of the molecule is Cc1cnc(N2C[C@@H](C)O[C@@H](C)C2)cc1NC(=O)c1cccc(Cl)n1. The van der Waals surface area contributed by atoms with Gasteiger partial charge in [-0.2, -0.15) is 0 Å². The number of carbonyl (C=O) groups is 1. The number of ether oxygens (including phenoxy) is 1. The molecule has 0 aliphatic carbocycles. The summed E-state index contributed by atoms with van der Waals surface area (Å²) in [6, 6.07) is 6.85. The quantitative estimate of drug-likeness (QED) is 0.850. The van der Waals surface area contributed by atoms with Gasteiger partial charge in [0.15, 0.2) is 0 Å². The summed E-state index contributed by atoms with van der Waals surface area (Å²) < 4.78 is 5.77. The number of amides is 1. The molecule has 1 fully saturated rings. The maximum absolute atomic E-state index is 12.4. The third-order valence-corrected chi connectivity index (χ3v) is 4.24. The second-order valence-corrected chi connectivity index (χ2v) is 6.71. The maximum Gasteiger partial charge on any atom is 0.274 e. The van der Waals surface area contributed by atoms with Gasteiger partial charge in [0, 0.05) is 31.0 Å². The lowest BCUT2D eigenvalue weighted by Crippen LogP contribution is -2.45.